The van der Waals surface area contributed by atoms with Gasteiger partial charge in [-0.2, -0.15) is 5.10 Å². The zero-order valence-corrected chi connectivity index (χ0v) is 16.1. The highest BCUT2D eigenvalue weighted by Gasteiger charge is 2.10. The van der Waals surface area contributed by atoms with Gasteiger partial charge in [0, 0.05) is 30.2 Å². The molecule has 0 saturated carbocycles. The molecule has 0 saturated heterocycles. The maximum atomic E-state index is 12.3. The number of amides is 2. The minimum Gasteiger partial charge on any atom is -0.459 e. The van der Waals surface area contributed by atoms with Crippen LogP contribution in [0.1, 0.15) is 26.5 Å². The predicted molar refractivity (Wildman–Crippen MR) is 113 cm³/mol. The Bertz CT molecular complexity index is 1100. The number of hydrogen-bond acceptors (Lipinski definition) is 4. The third-order valence-electron chi connectivity index (χ3n) is 4.55. The van der Waals surface area contributed by atoms with Crippen LogP contribution in [-0.2, 0) is 6.42 Å². The van der Waals surface area contributed by atoms with Crippen LogP contribution in [0.25, 0.3) is 5.69 Å². The molecule has 150 valence electrons. The number of hydrogen-bond donors (Lipinski definition) is 2. The van der Waals surface area contributed by atoms with Gasteiger partial charge in [-0.1, -0.05) is 12.1 Å². The lowest BCUT2D eigenvalue weighted by atomic mass is 10.1. The molecule has 0 radical (unpaired) electrons. The first-order valence-electron chi connectivity index (χ1n) is 9.51. The molecule has 7 heteroatoms. The Morgan fingerprint density at radius 2 is 1.73 bits per heavy atom. The van der Waals surface area contributed by atoms with Gasteiger partial charge in [-0.15, -0.1) is 0 Å². The van der Waals surface area contributed by atoms with E-state index in [2.05, 4.69) is 15.7 Å². The zero-order valence-electron chi connectivity index (χ0n) is 16.1. The van der Waals surface area contributed by atoms with Gasteiger partial charge in [-0.05, 0) is 66.6 Å². The van der Waals surface area contributed by atoms with E-state index in [0.717, 1.165) is 17.7 Å². The molecule has 2 aromatic heterocycles. The average molecular weight is 400 g/mol. The predicted octanol–water partition coefficient (Wildman–Crippen LogP) is 3.69. The molecular weight excluding hydrogens is 380 g/mol. The number of nitrogens with one attached hydrogen (secondary N) is 2. The van der Waals surface area contributed by atoms with Gasteiger partial charge >= 0.3 is 0 Å². The van der Waals surface area contributed by atoms with E-state index in [0.29, 0.717) is 17.8 Å². The third-order valence-corrected chi connectivity index (χ3v) is 4.55. The fraction of sp³-hybridized carbons (Fsp3) is 0.0870. The molecule has 30 heavy (non-hydrogen) atoms. The maximum Gasteiger partial charge on any atom is 0.291 e. The van der Waals surface area contributed by atoms with Crippen molar-refractivity contribution < 1.29 is 14.0 Å². The number of carbonyl (C=O) groups excluding carboxylic acids is 2. The van der Waals surface area contributed by atoms with E-state index in [1.807, 2.05) is 36.5 Å². The summed E-state index contributed by atoms with van der Waals surface area (Å²) in [6.45, 7) is 0.525. The molecule has 2 heterocycles. The Kier molecular flexibility index (Phi) is 5.70. The molecule has 0 fully saturated rings. The standard InChI is InChI=1S/C23H20N4O3/c28-22(18-6-8-19(9-7-18)26-23(29)21-3-1-16-30-21)24-14-12-17-4-10-20(11-5-17)27-15-2-13-25-27/h1-11,13,15-16H,12,14H2,(H,24,28)(H,26,29). The van der Waals surface area contributed by atoms with Crippen LogP contribution in [0.3, 0.4) is 0 Å². The van der Waals surface area contributed by atoms with E-state index >= 15 is 0 Å². The van der Waals surface area contributed by atoms with E-state index < -0.39 is 0 Å². The van der Waals surface area contributed by atoms with Gasteiger partial charge in [0.25, 0.3) is 11.8 Å². The largest absolute Gasteiger partial charge is 0.459 e. The molecule has 0 unspecified atom stereocenters. The fourth-order valence-electron chi connectivity index (χ4n) is 2.96. The number of rotatable bonds is 7. The second-order valence-corrected chi connectivity index (χ2v) is 6.63. The van der Waals surface area contributed by atoms with Crippen LogP contribution in [-0.4, -0.2) is 28.1 Å². The van der Waals surface area contributed by atoms with Crippen molar-refractivity contribution >= 4 is 17.5 Å². The van der Waals surface area contributed by atoms with Crippen LogP contribution in [0.5, 0.6) is 0 Å². The Labute approximate surface area is 173 Å². The van der Waals surface area contributed by atoms with Crippen LogP contribution in [0, 0.1) is 0 Å². The van der Waals surface area contributed by atoms with Crippen molar-refractivity contribution in [2.75, 3.05) is 11.9 Å². The number of benzene rings is 2. The monoisotopic (exact) mass is 400 g/mol. The lowest BCUT2D eigenvalue weighted by Gasteiger charge is -2.08. The number of nitrogens with zero attached hydrogens (tertiary/aromatic N) is 2. The van der Waals surface area contributed by atoms with Gasteiger partial charge in [-0.25, -0.2) is 4.68 Å². The van der Waals surface area contributed by atoms with Crippen LogP contribution in [0.4, 0.5) is 5.69 Å². The van der Waals surface area contributed by atoms with Crippen molar-refractivity contribution in [2.24, 2.45) is 0 Å². The lowest BCUT2D eigenvalue weighted by molar-refractivity contribution is 0.0953. The lowest BCUT2D eigenvalue weighted by Crippen LogP contribution is -2.25. The summed E-state index contributed by atoms with van der Waals surface area (Å²) in [7, 11) is 0. The smallest absolute Gasteiger partial charge is 0.291 e. The number of aromatic nitrogens is 2. The minimum absolute atomic E-state index is 0.160. The van der Waals surface area contributed by atoms with Crippen LogP contribution in [0.15, 0.2) is 89.8 Å². The molecule has 0 aliphatic heterocycles. The first-order valence-corrected chi connectivity index (χ1v) is 9.51. The molecule has 4 rings (SSSR count). The molecule has 0 aliphatic carbocycles. The second-order valence-electron chi connectivity index (χ2n) is 6.63. The molecule has 4 aromatic rings. The van der Waals surface area contributed by atoms with E-state index in [4.69, 9.17) is 4.42 Å². The zero-order chi connectivity index (χ0) is 20.8. The highest BCUT2D eigenvalue weighted by atomic mass is 16.3. The molecule has 0 atom stereocenters. The van der Waals surface area contributed by atoms with E-state index in [9.17, 15) is 9.59 Å². The van der Waals surface area contributed by atoms with Gasteiger partial charge in [-0.3, -0.25) is 9.59 Å². The molecule has 2 amide bonds. The highest BCUT2D eigenvalue weighted by Crippen LogP contribution is 2.12. The summed E-state index contributed by atoms with van der Waals surface area (Å²) < 4.78 is 6.85. The minimum atomic E-state index is -0.337. The van der Waals surface area contributed by atoms with Crippen LogP contribution in [0.2, 0.25) is 0 Å². The second kappa shape index (κ2) is 8.91. The molecule has 0 spiro atoms. The first kappa shape index (κ1) is 19.2. The molecule has 7 nitrogen and oxygen atoms in total. The Hall–Kier alpha value is -4.13. The van der Waals surface area contributed by atoms with Crippen molar-refractivity contribution in [3.8, 4) is 5.69 Å². The van der Waals surface area contributed by atoms with Crippen LogP contribution >= 0.6 is 0 Å². The fourth-order valence-corrected chi connectivity index (χ4v) is 2.96. The summed E-state index contributed by atoms with van der Waals surface area (Å²) in [6.07, 6.45) is 5.80. The van der Waals surface area contributed by atoms with E-state index in [1.165, 1.54) is 6.26 Å². The molecular formula is C23H20N4O3. The average Bonchev–Trinajstić information content (AvgIpc) is 3.49. The van der Waals surface area contributed by atoms with Gasteiger partial charge < -0.3 is 15.1 Å². The Balaban J connectivity index is 1.26. The normalized spacial score (nSPS) is 10.5. The topological polar surface area (TPSA) is 89.2 Å². The Morgan fingerprint density at radius 3 is 2.40 bits per heavy atom. The molecule has 0 bridgehead atoms. The SMILES string of the molecule is O=C(NCCc1ccc(-n2cccn2)cc1)c1ccc(NC(=O)c2ccco2)cc1. The summed E-state index contributed by atoms with van der Waals surface area (Å²) in [6, 6.07) is 19.9. The Morgan fingerprint density at radius 1 is 0.933 bits per heavy atom. The van der Waals surface area contributed by atoms with E-state index in [-0.39, 0.29) is 17.6 Å². The van der Waals surface area contributed by atoms with Gasteiger partial charge in [0.2, 0.25) is 0 Å². The maximum absolute atomic E-state index is 12.3. The molecule has 0 aliphatic rings. The van der Waals surface area contributed by atoms with Crippen molar-refractivity contribution in [1.29, 1.82) is 0 Å². The quantitative estimate of drug-likeness (QED) is 0.495. The molecule has 2 N–H and O–H groups in total. The van der Waals surface area contributed by atoms with Gasteiger partial charge in [0.15, 0.2) is 5.76 Å². The van der Waals surface area contributed by atoms with Crippen molar-refractivity contribution in [2.45, 2.75) is 6.42 Å². The van der Waals surface area contributed by atoms with Crippen LogP contribution < -0.4 is 10.6 Å². The number of anilines is 1. The summed E-state index contributed by atoms with van der Waals surface area (Å²) in [5, 5.41) is 9.83. The van der Waals surface area contributed by atoms with Gasteiger partial charge in [0.1, 0.15) is 0 Å². The summed E-state index contributed by atoms with van der Waals surface area (Å²) in [5.41, 5.74) is 3.24. The highest BCUT2D eigenvalue weighted by molar-refractivity contribution is 6.02. The number of carbonyl (C=O) groups is 2. The van der Waals surface area contributed by atoms with Gasteiger partial charge in [0.05, 0.1) is 12.0 Å². The number of furan rings is 1. The summed E-state index contributed by atoms with van der Waals surface area (Å²) >= 11 is 0. The first-order chi connectivity index (χ1) is 14.7. The van der Waals surface area contributed by atoms with E-state index in [1.54, 1.807) is 47.3 Å². The van der Waals surface area contributed by atoms with Crippen molar-refractivity contribution in [1.82, 2.24) is 15.1 Å². The van der Waals surface area contributed by atoms with Crippen molar-refractivity contribution in [3.05, 3.63) is 102 Å². The summed E-state index contributed by atoms with van der Waals surface area (Å²) in [4.78, 5) is 24.3. The molecule has 2 aromatic carbocycles. The van der Waals surface area contributed by atoms with Crippen molar-refractivity contribution in [3.63, 3.8) is 0 Å². The third kappa shape index (κ3) is 4.64. The summed E-state index contributed by atoms with van der Waals surface area (Å²) in [5.74, 6) is -0.266.